The molecular weight excluding hydrogens is 229 g/mol. The van der Waals surface area contributed by atoms with E-state index in [1.54, 1.807) is 0 Å². The molecule has 12 heavy (non-hydrogen) atoms. The maximum Gasteiger partial charge on any atom is 0.0988 e. The van der Waals surface area contributed by atoms with E-state index in [-0.39, 0.29) is 32.7 Å². The van der Waals surface area contributed by atoms with Gasteiger partial charge in [0.25, 0.3) is 0 Å². The Morgan fingerprint density at radius 1 is 1.50 bits per heavy atom. The Labute approximate surface area is 97.5 Å². The first-order chi connectivity index (χ1) is 5.43. The zero-order valence-corrected chi connectivity index (χ0v) is 9.62. The molecule has 0 unspecified atom stereocenters. The van der Waals surface area contributed by atoms with E-state index in [9.17, 15) is 0 Å². The number of benzene rings is 1. The van der Waals surface area contributed by atoms with Crippen molar-refractivity contribution in [3.05, 3.63) is 30.3 Å². The monoisotopic (exact) mass is 240 g/mol. The van der Waals surface area contributed by atoms with Gasteiger partial charge in [0.05, 0.1) is 6.61 Å². The summed E-state index contributed by atoms with van der Waals surface area (Å²) >= 11 is 0. The summed E-state index contributed by atoms with van der Waals surface area (Å²) in [5.41, 5.74) is 2.50. The van der Waals surface area contributed by atoms with Crippen molar-refractivity contribution < 1.29 is 37.4 Å². The van der Waals surface area contributed by atoms with Crippen molar-refractivity contribution in [3.63, 3.8) is 0 Å². The van der Waals surface area contributed by atoms with Crippen molar-refractivity contribution in [2.75, 3.05) is 13.2 Å². The molecule has 0 bridgehead atoms. The van der Waals surface area contributed by atoms with E-state index in [4.69, 9.17) is 10.6 Å². The molecule has 63 valence electrons. The summed E-state index contributed by atoms with van der Waals surface area (Å²) in [5.74, 6) is 5.81. The van der Waals surface area contributed by atoms with E-state index in [0.717, 1.165) is 5.75 Å². The van der Waals surface area contributed by atoms with Crippen LogP contribution in [0.15, 0.2) is 24.3 Å². The Bertz CT molecular complexity index is 194. The third-order valence-electron chi connectivity index (χ3n) is 1.18. The molecule has 3 nitrogen and oxygen atoms in total. The molecular formula is C8H11N2OY-. The molecule has 0 heterocycles. The van der Waals surface area contributed by atoms with Crippen LogP contribution in [0.5, 0.6) is 5.75 Å². The standard InChI is InChI=1S/C8H11N2O.Y/c9-10-6-7-11-8-4-2-1-3-5-8;/h1-4,10H,6-7,9H2;/q-1;. The van der Waals surface area contributed by atoms with Crippen LogP contribution in [0.1, 0.15) is 0 Å². The molecule has 0 aliphatic heterocycles. The summed E-state index contributed by atoms with van der Waals surface area (Å²) in [6.45, 7) is 1.21. The van der Waals surface area contributed by atoms with E-state index in [1.807, 2.05) is 24.3 Å². The van der Waals surface area contributed by atoms with Crippen molar-refractivity contribution in [3.8, 4) is 5.75 Å². The van der Waals surface area contributed by atoms with Gasteiger partial charge in [-0.3, -0.25) is 11.3 Å². The van der Waals surface area contributed by atoms with E-state index in [2.05, 4.69) is 11.5 Å². The zero-order chi connectivity index (χ0) is 7.94. The molecule has 0 amide bonds. The molecule has 0 aliphatic rings. The maximum atomic E-state index is 5.25. The van der Waals surface area contributed by atoms with E-state index < -0.39 is 0 Å². The summed E-state index contributed by atoms with van der Waals surface area (Å²) in [6, 6.07) is 10.4. The van der Waals surface area contributed by atoms with Crippen LogP contribution in [0.3, 0.4) is 0 Å². The van der Waals surface area contributed by atoms with Crippen LogP contribution < -0.4 is 16.0 Å². The number of nitrogens with one attached hydrogen (secondary N) is 1. The van der Waals surface area contributed by atoms with Gasteiger partial charge >= 0.3 is 0 Å². The molecule has 0 saturated carbocycles. The Hall–Kier alpha value is 0.0439. The zero-order valence-electron chi connectivity index (χ0n) is 6.79. The van der Waals surface area contributed by atoms with E-state index in [0.29, 0.717) is 13.2 Å². The maximum absolute atomic E-state index is 5.25. The average molecular weight is 240 g/mol. The quantitative estimate of drug-likeness (QED) is 0.345. The van der Waals surface area contributed by atoms with Gasteiger partial charge < -0.3 is 4.74 Å². The van der Waals surface area contributed by atoms with Crippen LogP contribution >= 0.6 is 0 Å². The number of nitrogens with two attached hydrogens (primary N) is 1. The summed E-state index contributed by atoms with van der Waals surface area (Å²) in [4.78, 5) is 0. The Morgan fingerprint density at radius 2 is 2.33 bits per heavy atom. The van der Waals surface area contributed by atoms with Gasteiger partial charge in [0, 0.05) is 45.0 Å². The molecule has 3 N–H and O–H groups in total. The molecule has 0 atom stereocenters. The molecule has 1 aromatic carbocycles. The van der Waals surface area contributed by atoms with Gasteiger partial charge in [-0.15, -0.1) is 12.1 Å². The van der Waals surface area contributed by atoms with Crippen molar-refractivity contribution >= 4 is 0 Å². The number of rotatable bonds is 4. The fraction of sp³-hybridized carbons (Fsp3) is 0.250. The van der Waals surface area contributed by atoms with Gasteiger partial charge in [-0.25, -0.2) is 0 Å². The second kappa shape index (κ2) is 7.68. The van der Waals surface area contributed by atoms with Crippen LogP contribution in [0, 0.1) is 6.07 Å². The summed E-state index contributed by atoms with van der Waals surface area (Å²) in [7, 11) is 0. The van der Waals surface area contributed by atoms with Gasteiger partial charge in [-0.05, 0) is 0 Å². The predicted octanol–water partition coefficient (Wildman–Crippen LogP) is 0.326. The number of hydrazine groups is 1. The molecule has 0 saturated heterocycles. The number of hydrogen-bond acceptors (Lipinski definition) is 3. The Balaban J connectivity index is 0.00000121. The van der Waals surface area contributed by atoms with Gasteiger partial charge in [0.1, 0.15) is 0 Å². The van der Waals surface area contributed by atoms with Crippen molar-refractivity contribution in [2.24, 2.45) is 5.84 Å². The third-order valence-corrected chi connectivity index (χ3v) is 1.18. The molecule has 1 rings (SSSR count). The average Bonchev–Trinajstić information content (AvgIpc) is 2.07. The van der Waals surface area contributed by atoms with Crippen LogP contribution in [-0.4, -0.2) is 13.2 Å². The van der Waals surface area contributed by atoms with E-state index in [1.165, 1.54) is 0 Å². The minimum atomic E-state index is 0. The first-order valence-electron chi connectivity index (χ1n) is 3.46. The van der Waals surface area contributed by atoms with Crippen LogP contribution in [0.4, 0.5) is 0 Å². The summed E-state index contributed by atoms with van der Waals surface area (Å²) in [6.07, 6.45) is 0. The fourth-order valence-corrected chi connectivity index (χ4v) is 0.687. The van der Waals surface area contributed by atoms with Crippen LogP contribution in [0.2, 0.25) is 0 Å². The minimum Gasteiger partial charge on any atom is -0.518 e. The third kappa shape index (κ3) is 4.83. The Morgan fingerprint density at radius 3 is 2.92 bits per heavy atom. The second-order valence-electron chi connectivity index (χ2n) is 2.03. The van der Waals surface area contributed by atoms with E-state index >= 15 is 0 Å². The molecule has 0 spiro atoms. The van der Waals surface area contributed by atoms with Crippen LogP contribution in [0.25, 0.3) is 0 Å². The summed E-state index contributed by atoms with van der Waals surface area (Å²) in [5, 5.41) is 0. The SMILES string of the molecule is NNCCOc1[c-]cccc1.[Y]. The molecule has 1 radical (unpaired) electrons. The summed E-state index contributed by atoms with van der Waals surface area (Å²) < 4.78 is 5.25. The molecule has 4 heteroatoms. The van der Waals surface area contributed by atoms with Gasteiger partial charge in [-0.1, -0.05) is 0 Å². The second-order valence-corrected chi connectivity index (χ2v) is 2.03. The van der Waals surface area contributed by atoms with Gasteiger partial charge in [-0.2, -0.15) is 18.2 Å². The molecule has 0 fully saturated rings. The number of ether oxygens (including phenoxy) is 1. The van der Waals surface area contributed by atoms with Crippen molar-refractivity contribution in [1.82, 2.24) is 5.43 Å². The van der Waals surface area contributed by atoms with Gasteiger partial charge in [0.15, 0.2) is 0 Å². The van der Waals surface area contributed by atoms with Crippen LogP contribution in [-0.2, 0) is 32.7 Å². The topological polar surface area (TPSA) is 47.3 Å². The molecule has 0 aliphatic carbocycles. The van der Waals surface area contributed by atoms with Crippen molar-refractivity contribution in [2.45, 2.75) is 0 Å². The number of para-hydroxylation sites is 1. The minimum absolute atomic E-state index is 0. The van der Waals surface area contributed by atoms with Gasteiger partial charge in [0.2, 0.25) is 0 Å². The number of hydrogen-bond donors (Lipinski definition) is 2. The first kappa shape index (κ1) is 12.0. The largest absolute Gasteiger partial charge is 0.518 e. The molecule has 0 aromatic heterocycles. The van der Waals surface area contributed by atoms with Crippen molar-refractivity contribution in [1.29, 1.82) is 0 Å². The first-order valence-corrected chi connectivity index (χ1v) is 3.46. The molecule has 1 aromatic rings. The normalized spacial score (nSPS) is 8.75. The fourth-order valence-electron chi connectivity index (χ4n) is 0.687. The Kier molecular flexibility index (Phi) is 7.71. The smallest absolute Gasteiger partial charge is 0.0988 e. The predicted molar refractivity (Wildman–Crippen MR) is 43.0 cm³/mol.